The lowest BCUT2D eigenvalue weighted by atomic mass is 9.94. The van der Waals surface area contributed by atoms with Gasteiger partial charge >= 0.3 is 0 Å². The summed E-state index contributed by atoms with van der Waals surface area (Å²) in [5, 5.41) is 2.21. The van der Waals surface area contributed by atoms with Crippen molar-refractivity contribution >= 4 is 10.8 Å². The fourth-order valence-electron chi connectivity index (χ4n) is 4.35. The predicted molar refractivity (Wildman–Crippen MR) is 136 cm³/mol. The van der Waals surface area contributed by atoms with Gasteiger partial charge in [0.15, 0.2) is 6.20 Å². The van der Waals surface area contributed by atoms with Crippen LogP contribution in [0.25, 0.3) is 44.3 Å². The molecule has 156 valence electrons. The first-order valence-electron chi connectivity index (χ1n) is 12.4. The molecule has 0 aliphatic heterocycles. The van der Waals surface area contributed by atoms with Gasteiger partial charge in [-0.1, -0.05) is 72.3 Å². The first kappa shape index (κ1) is 16.9. The Bertz CT molecular complexity index is 1550. The number of pyridine rings is 1. The molecule has 0 N–H and O–H groups in total. The molecule has 4 aromatic carbocycles. The van der Waals surface area contributed by atoms with Crippen LogP contribution in [0.3, 0.4) is 0 Å². The van der Waals surface area contributed by atoms with Crippen molar-refractivity contribution < 1.29 is 8.68 Å². The zero-order valence-electron chi connectivity index (χ0n) is 21.7. The minimum Gasteiger partial charge on any atom is -0.201 e. The molecule has 1 heteroatoms. The van der Waals surface area contributed by atoms with Crippen LogP contribution in [-0.4, -0.2) is 0 Å². The van der Waals surface area contributed by atoms with Crippen molar-refractivity contribution in [3.8, 4) is 33.5 Å². The lowest BCUT2D eigenvalue weighted by Gasteiger charge is -2.11. The van der Waals surface area contributed by atoms with Crippen LogP contribution < -0.4 is 4.57 Å². The largest absolute Gasteiger partial charge is 0.213 e. The van der Waals surface area contributed by atoms with E-state index in [2.05, 4.69) is 80.6 Å². The minimum atomic E-state index is -2.22. The second-order valence-corrected chi connectivity index (χ2v) is 8.55. The van der Waals surface area contributed by atoms with Crippen molar-refractivity contribution in [1.82, 2.24) is 0 Å². The van der Waals surface area contributed by atoms with Crippen molar-refractivity contribution in [2.45, 2.75) is 20.7 Å². The quantitative estimate of drug-likeness (QED) is 0.266. The summed E-state index contributed by atoms with van der Waals surface area (Å²) >= 11 is 0. The summed E-state index contributed by atoms with van der Waals surface area (Å²) in [6.07, 6.45) is 1.76. The lowest BCUT2D eigenvalue weighted by molar-refractivity contribution is -0.660. The van der Waals surface area contributed by atoms with E-state index >= 15 is 0 Å². The lowest BCUT2D eigenvalue weighted by Crippen LogP contribution is -2.31. The average Bonchev–Trinajstić information content (AvgIpc) is 2.84. The van der Waals surface area contributed by atoms with Crippen LogP contribution in [-0.2, 0) is 7.05 Å². The molecule has 5 aromatic rings. The molecule has 1 aromatic heterocycles. The third kappa shape index (κ3) is 3.71. The number of hydrogen-bond acceptors (Lipinski definition) is 0. The van der Waals surface area contributed by atoms with Crippen molar-refractivity contribution in [2.24, 2.45) is 7.05 Å². The van der Waals surface area contributed by atoms with E-state index in [0.717, 1.165) is 38.7 Å². The van der Waals surface area contributed by atoms with Gasteiger partial charge in [-0.15, -0.1) is 0 Å². The Morgan fingerprint density at radius 1 is 0.625 bits per heavy atom. The maximum atomic E-state index is 8.20. The van der Waals surface area contributed by atoms with Gasteiger partial charge in [0.05, 0.1) is 0 Å². The van der Waals surface area contributed by atoms with Gasteiger partial charge in [0, 0.05) is 21.3 Å². The van der Waals surface area contributed by atoms with Crippen LogP contribution in [0.2, 0.25) is 0 Å². The SMILES string of the molecule is [2H]C([2H])([2H])c1c[n+](C)c(-c2ccccc2C)cc1-c1ccc2cc(-c3ccc(C)cc3)ccc2c1. The van der Waals surface area contributed by atoms with E-state index < -0.39 is 6.85 Å². The fraction of sp³-hybridized carbons (Fsp3) is 0.129. The molecule has 0 unspecified atom stereocenters. The maximum absolute atomic E-state index is 8.20. The summed E-state index contributed by atoms with van der Waals surface area (Å²) in [5.74, 6) is 0. The van der Waals surface area contributed by atoms with Gasteiger partial charge in [0.2, 0.25) is 5.69 Å². The van der Waals surface area contributed by atoms with Crippen LogP contribution in [0.1, 0.15) is 20.8 Å². The zero-order valence-corrected chi connectivity index (χ0v) is 18.7. The van der Waals surface area contributed by atoms with E-state index in [-0.39, 0.29) is 0 Å². The van der Waals surface area contributed by atoms with Crippen molar-refractivity contribution in [1.29, 1.82) is 0 Å². The van der Waals surface area contributed by atoms with Gasteiger partial charge in [-0.2, -0.15) is 0 Å². The summed E-state index contributed by atoms with van der Waals surface area (Å²) in [6, 6.07) is 31.4. The first-order chi connectivity index (χ1) is 16.7. The number of fused-ring (bicyclic) bond motifs is 1. The van der Waals surface area contributed by atoms with Gasteiger partial charge in [-0.25, -0.2) is 4.57 Å². The molecule has 0 fully saturated rings. The van der Waals surface area contributed by atoms with Crippen LogP contribution >= 0.6 is 0 Å². The first-order valence-corrected chi connectivity index (χ1v) is 10.9. The highest BCUT2D eigenvalue weighted by Gasteiger charge is 2.16. The molecule has 0 aliphatic rings. The molecule has 0 amide bonds. The van der Waals surface area contributed by atoms with E-state index in [4.69, 9.17) is 4.11 Å². The molecule has 0 radical (unpaired) electrons. The number of aryl methyl sites for hydroxylation is 4. The number of nitrogens with zero attached hydrogens (tertiary/aromatic N) is 1. The van der Waals surface area contributed by atoms with E-state index in [9.17, 15) is 0 Å². The maximum Gasteiger partial charge on any atom is 0.213 e. The molecule has 0 bridgehead atoms. The highest BCUT2D eigenvalue weighted by Crippen LogP contribution is 2.32. The Kier molecular flexibility index (Phi) is 4.28. The Morgan fingerprint density at radius 2 is 1.28 bits per heavy atom. The number of hydrogen-bond donors (Lipinski definition) is 0. The van der Waals surface area contributed by atoms with Crippen molar-refractivity contribution in [3.05, 3.63) is 114 Å². The molecule has 0 aliphatic carbocycles. The molecular formula is C31H28N+. The van der Waals surface area contributed by atoms with E-state index in [1.807, 2.05) is 35.9 Å². The van der Waals surface area contributed by atoms with Crippen LogP contribution in [0.5, 0.6) is 0 Å². The molecule has 0 saturated carbocycles. The fourth-order valence-corrected chi connectivity index (χ4v) is 4.35. The number of benzene rings is 4. The molecule has 32 heavy (non-hydrogen) atoms. The summed E-state index contributed by atoms with van der Waals surface area (Å²) in [4.78, 5) is 0. The summed E-state index contributed by atoms with van der Waals surface area (Å²) in [5.41, 5.74) is 8.83. The Labute approximate surface area is 194 Å². The highest BCUT2D eigenvalue weighted by molar-refractivity contribution is 5.91. The summed E-state index contributed by atoms with van der Waals surface area (Å²) in [6.45, 7) is 1.95. The van der Waals surface area contributed by atoms with Crippen molar-refractivity contribution in [3.63, 3.8) is 0 Å². The molecule has 1 nitrogen and oxygen atoms in total. The molecule has 0 saturated heterocycles. The number of rotatable bonds is 3. The Morgan fingerprint density at radius 3 is 2.00 bits per heavy atom. The molecule has 0 atom stereocenters. The van der Waals surface area contributed by atoms with Gasteiger partial charge in [-0.05, 0) is 77.5 Å². The van der Waals surface area contributed by atoms with Crippen LogP contribution in [0, 0.1) is 20.7 Å². The monoisotopic (exact) mass is 417 g/mol. The van der Waals surface area contributed by atoms with E-state index in [0.29, 0.717) is 5.56 Å². The minimum absolute atomic E-state index is 0.355. The van der Waals surface area contributed by atoms with Crippen molar-refractivity contribution in [2.75, 3.05) is 0 Å². The Balaban J connectivity index is 1.66. The third-order valence-electron chi connectivity index (χ3n) is 6.23. The van der Waals surface area contributed by atoms with Gasteiger partial charge < -0.3 is 0 Å². The zero-order chi connectivity index (χ0) is 24.7. The van der Waals surface area contributed by atoms with Gasteiger partial charge in [0.25, 0.3) is 0 Å². The Hall–Kier alpha value is -3.71. The van der Waals surface area contributed by atoms with Gasteiger partial charge in [0.1, 0.15) is 7.05 Å². The highest BCUT2D eigenvalue weighted by atomic mass is 14.9. The number of aromatic nitrogens is 1. The molecular weight excluding hydrogens is 386 g/mol. The molecule has 1 heterocycles. The topological polar surface area (TPSA) is 3.88 Å². The van der Waals surface area contributed by atoms with E-state index in [1.54, 1.807) is 6.20 Å². The van der Waals surface area contributed by atoms with Crippen LogP contribution in [0.4, 0.5) is 0 Å². The standard InChI is InChI=1S/C31H28N/c1-21-9-11-24(12-10-21)25-13-14-27-18-28(16-15-26(27)17-25)30-19-31(32(4)20-23(30)3)29-8-6-5-7-22(29)2/h5-20H,1-4H3/q+1/i3D3. The summed E-state index contributed by atoms with van der Waals surface area (Å²) in [7, 11) is 1.91. The molecule has 5 rings (SSSR count). The average molecular weight is 418 g/mol. The van der Waals surface area contributed by atoms with Gasteiger partial charge in [-0.3, -0.25) is 0 Å². The molecule has 0 spiro atoms. The second-order valence-electron chi connectivity index (χ2n) is 8.55. The third-order valence-corrected chi connectivity index (χ3v) is 6.23. The van der Waals surface area contributed by atoms with Crippen LogP contribution in [0.15, 0.2) is 97.2 Å². The van der Waals surface area contributed by atoms with E-state index in [1.165, 1.54) is 16.7 Å². The predicted octanol–water partition coefficient (Wildman–Crippen LogP) is 7.59. The second kappa shape index (κ2) is 8.09. The summed E-state index contributed by atoms with van der Waals surface area (Å²) < 4.78 is 26.5. The normalized spacial score (nSPS) is 12.9. The smallest absolute Gasteiger partial charge is 0.201 e.